The van der Waals surface area contributed by atoms with Crippen LogP contribution in [0.1, 0.15) is 24.6 Å². The molecular formula is C12H12BrClN2O3S. The maximum absolute atomic E-state index is 12.2. The molecule has 1 atom stereocenters. The molecule has 8 heteroatoms. The third-order valence-electron chi connectivity index (χ3n) is 2.54. The van der Waals surface area contributed by atoms with Crippen molar-refractivity contribution in [3.8, 4) is 0 Å². The summed E-state index contributed by atoms with van der Waals surface area (Å²) in [6, 6.07) is 3.82. The summed E-state index contributed by atoms with van der Waals surface area (Å²) in [5.74, 6) is 0.944. The molecule has 108 valence electrons. The Kier molecular flexibility index (Phi) is 4.53. The molecule has 2 aromatic rings. The zero-order chi connectivity index (χ0) is 14.9. The van der Waals surface area contributed by atoms with E-state index in [1.165, 1.54) is 18.2 Å². The first kappa shape index (κ1) is 15.5. The topological polar surface area (TPSA) is 72.2 Å². The maximum atomic E-state index is 12.2. The molecule has 0 aliphatic carbocycles. The Hall–Kier alpha value is -0.890. The zero-order valence-corrected chi connectivity index (χ0v) is 13.9. The largest absolute Gasteiger partial charge is 0.444 e. The minimum atomic E-state index is -3.68. The number of oxazole rings is 1. The Bertz CT molecular complexity index is 730. The molecule has 0 saturated heterocycles. The van der Waals surface area contributed by atoms with Crippen molar-refractivity contribution in [2.24, 2.45) is 0 Å². The number of aromatic nitrogens is 1. The molecular weight excluding hydrogens is 368 g/mol. The van der Waals surface area contributed by atoms with Crippen LogP contribution >= 0.6 is 27.5 Å². The number of hydrogen-bond donors (Lipinski definition) is 1. The van der Waals surface area contributed by atoms with E-state index in [2.05, 4.69) is 25.6 Å². The molecule has 1 heterocycles. The molecule has 20 heavy (non-hydrogen) atoms. The maximum Gasteiger partial charge on any atom is 0.241 e. The van der Waals surface area contributed by atoms with E-state index in [1.54, 1.807) is 20.0 Å². The van der Waals surface area contributed by atoms with Gasteiger partial charge in [0.05, 0.1) is 22.2 Å². The molecule has 0 spiro atoms. The van der Waals surface area contributed by atoms with E-state index in [-0.39, 0.29) is 4.90 Å². The van der Waals surface area contributed by atoms with Crippen molar-refractivity contribution in [1.29, 1.82) is 0 Å². The van der Waals surface area contributed by atoms with E-state index in [0.29, 0.717) is 21.1 Å². The van der Waals surface area contributed by atoms with Crippen molar-refractivity contribution in [2.45, 2.75) is 24.8 Å². The molecule has 1 N–H and O–H groups in total. The minimum absolute atomic E-state index is 0.115. The lowest BCUT2D eigenvalue weighted by atomic mass is 10.4. The first-order chi connectivity index (χ1) is 9.29. The Morgan fingerprint density at radius 1 is 1.45 bits per heavy atom. The van der Waals surface area contributed by atoms with Crippen LogP contribution in [-0.4, -0.2) is 13.4 Å². The van der Waals surface area contributed by atoms with Crippen molar-refractivity contribution >= 4 is 37.6 Å². The number of hydrogen-bond acceptors (Lipinski definition) is 4. The lowest BCUT2D eigenvalue weighted by molar-refractivity contribution is 0.428. The molecule has 0 amide bonds. The lowest BCUT2D eigenvalue weighted by Gasteiger charge is -2.11. The summed E-state index contributed by atoms with van der Waals surface area (Å²) in [5.41, 5.74) is 0. The van der Waals surface area contributed by atoms with Crippen molar-refractivity contribution < 1.29 is 12.8 Å². The van der Waals surface area contributed by atoms with Crippen LogP contribution < -0.4 is 4.72 Å². The van der Waals surface area contributed by atoms with E-state index >= 15 is 0 Å². The van der Waals surface area contributed by atoms with Gasteiger partial charge >= 0.3 is 0 Å². The number of nitrogens with zero attached hydrogens (tertiary/aromatic N) is 1. The second-order valence-electron chi connectivity index (χ2n) is 4.23. The van der Waals surface area contributed by atoms with Gasteiger partial charge in [0.1, 0.15) is 5.76 Å². The number of aryl methyl sites for hydroxylation is 1. The average Bonchev–Trinajstić information content (AvgIpc) is 2.79. The van der Waals surface area contributed by atoms with Gasteiger partial charge in [-0.1, -0.05) is 11.6 Å². The average molecular weight is 380 g/mol. The molecule has 2 rings (SSSR count). The number of sulfonamides is 1. The second-order valence-corrected chi connectivity index (χ2v) is 7.20. The highest BCUT2D eigenvalue weighted by molar-refractivity contribution is 9.10. The molecule has 0 aliphatic heterocycles. The van der Waals surface area contributed by atoms with E-state index in [1.807, 2.05) is 0 Å². The molecule has 0 fully saturated rings. The molecule has 5 nitrogen and oxygen atoms in total. The minimum Gasteiger partial charge on any atom is -0.444 e. The third-order valence-corrected chi connectivity index (χ3v) is 5.30. The summed E-state index contributed by atoms with van der Waals surface area (Å²) in [5, 5.41) is 0.445. The van der Waals surface area contributed by atoms with Crippen LogP contribution in [0.2, 0.25) is 5.02 Å². The molecule has 1 unspecified atom stereocenters. The predicted octanol–water partition coefficient (Wildman–Crippen LogP) is 3.44. The lowest BCUT2D eigenvalue weighted by Crippen LogP contribution is -2.27. The SMILES string of the molecule is Cc1cnc(C(C)NS(=O)(=O)c2ccc(Cl)c(Br)c2)o1. The third kappa shape index (κ3) is 3.41. The molecule has 1 aromatic heterocycles. The highest BCUT2D eigenvalue weighted by Gasteiger charge is 2.21. The number of nitrogens with one attached hydrogen (secondary N) is 1. The fraction of sp³-hybridized carbons (Fsp3) is 0.250. The van der Waals surface area contributed by atoms with Gasteiger partial charge < -0.3 is 4.42 Å². The number of halogens is 2. The standard InChI is InChI=1S/C12H12BrClN2O3S/c1-7-6-15-12(19-7)8(2)16-20(17,18)9-3-4-11(14)10(13)5-9/h3-6,8,16H,1-2H3. The fourth-order valence-corrected chi connectivity index (χ4v) is 3.44. The van der Waals surface area contributed by atoms with Gasteiger partial charge in [-0.05, 0) is 48.0 Å². The smallest absolute Gasteiger partial charge is 0.241 e. The summed E-state index contributed by atoms with van der Waals surface area (Å²) in [6.07, 6.45) is 1.54. The first-order valence-electron chi connectivity index (χ1n) is 5.69. The second kappa shape index (κ2) is 5.85. The Labute approximate surface area is 130 Å². The van der Waals surface area contributed by atoms with Gasteiger partial charge in [-0.25, -0.2) is 13.4 Å². The summed E-state index contributed by atoms with van der Waals surface area (Å²) < 4.78 is 32.8. The molecule has 0 bridgehead atoms. The predicted molar refractivity (Wildman–Crippen MR) is 79.1 cm³/mol. The summed E-state index contributed by atoms with van der Waals surface area (Å²) in [4.78, 5) is 4.12. The van der Waals surface area contributed by atoms with Gasteiger partial charge in [-0.3, -0.25) is 0 Å². The van der Waals surface area contributed by atoms with Gasteiger partial charge in [0.25, 0.3) is 0 Å². The van der Waals surface area contributed by atoms with Crippen molar-refractivity contribution in [3.05, 3.63) is 45.5 Å². The van der Waals surface area contributed by atoms with Crippen molar-refractivity contribution in [3.63, 3.8) is 0 Å². The van der Waals surface area contributed by atoms with Crippen LogP contribution in [0, 0.1) is 6.92 Å². The summed E-state index contributed by atoms with van der Waals surface area (Å²) in [7, 11) is -3.68. The van der Waals surface area contributed by atoms with Crippen LogP contribution in [0.15, 0.2) is 38.2 Å². The number of rotatable bonds is 4. The van der Waals surface area contributed by atoms with Gasteiger partial charge in [-0.2, -0.15) is 4.72 Å². The highest BCUT2D eigenvalue weighted by atomic mass is 79.9. The first-order valence-corrected chi connectivity index (χ1v) is 8.35. The van der Waals surface area contributed by atoms with Crippen LogP contribution in [0.4, 0.5) is 0 Å². The number of benzene rings is 1. The summed E-state index contributed by atoms with van der Waals surface area (Å²) in [6.45, 7) is 3.40. The van der Waals surface area contributed by atoms with Crippen molar-refractivity contribution in [2.75, 3.05) is 0 Å². The van der Waals surface area contributed by atoms with Crippen LogP contribution in [-0.2, 0) is 10.0 Å². The van der Waals surface area contributed by atoms with E-state index < -0.39 is 16.1 Å². The van der Waals surface area contributed by atoms with Gasteiger partial charge in [0, 0.05) is 4.47 Å². The quantitative estimate of drug-likeness (QED) is 0.883. The van der Waals surface area contributed by atoms with E-state index in [0.717, 1.165) is 0 Å². The van der Waals surface area contributed by atoms with Crippen LogP contribution in [0.5, 0.6) is 0 Å². The zero-order valence-electron chi connectivity index (χ0n) is 10.7. The summed E-state index contributed by atoms with van der Waals surface area (Å²) >= 11 is 9.05. The van der Waals surface area contributed by atoms with Gasteiger partial charge in [-0.15, -0.1) is 0 Å². The van der Waals surface area contributed by atoms with E-state index in [9.17, 15) is 8.42 Å². The van der Waals surface area contributed by atoms with Crippen LogP contribution in [0.25, 0.3) is 0 Å². The van der Waals surface area contributed by atoms with Crippen molar-refractivity contribution in [1.82, 2.24) is 9.71 Å². The monoisotopic (exact) mass is 378 g/mol. The van der Waals surface area contributed by atoms with E-state index in [4.69, 9.17) is 16.0 Å². The van der Waals surface area contributed by atoms with Gasteiger partial charge in [0.2, 0.25) is 15.9 Å². The highest BCUT2D eigenvalue weighted by Crippen LogP contribution is 2.26. The molecule has 0 aliphatic rings. The fourth-order valence-electron chi connectivity index (χ4n) is 1.57. The van der Waals surface area contributed by atoms with Gasteiger partial charge in [0.15, 0.2) is 0 Å². The Morgan fingerprint density at radius 2 is 2.15 bits per heavy atom. The Morgan fingerprint density at radius 3 is 2.70 bits per heavy atom. The molecule has 0 radical (unpaired) electrons. The molecule has 0 saturated carbocycles. The Balaban J connectivity index is 2.24. The molecule has 1 aromatic carbocycles. The van der Waals surface area contributed by atoms with Crippen LogP contribution in [0.3, 0.4) is 0 Å². The normalized spacial score (nSPS) is 13.4.